The lowest BCUT2D eigenvalue weighted by molar-refractivity contribution is -0.143. The Morgan fingerprint density at radius 3 is 2.28 bits per heavy atom. The van der Waals surface area contributed by atoms with Gasteiger partial charge in [-0.2, -0.15) is 0 Å². The lowest BCUT2D eigenvalue weighted by Crippen LogP contribution is -2.54. The number of nitrogens with zero attached hydrogens (tertiary/aromatic N) is 1. The van der Waals surface area contributed by atoms with Crippen LogP contribution in [0.4, 0.5) is 0 Å². The van der Waals surface area contributed by atoms with Crippen molar-refractivity contribution in [2.45, 2.75) is 52.2 Å². The lowest BCUT2D eigenvalue weighted by atomic mass is 10.1. The monoisotopic (exact) mass is 480 g/mol. The molecule has 2 aromatic carbocycles. The number of hydrogen-bond acceptors (Lipinski definition) is 4. The molecule has 0 saturated heterocycles. The van der Waals surface area contributed by atoms with Gasteiger partial charge < -0.3 is 19.7 Å². The molecule has 0 fully saturated rings. The average molecular weight is 481 g/mol. The van der Waals surface area contributed by atoms with Gasteiger partial charge in [-0.15, -0.1) is 0 Å². The van der Waals surface area contributed by atoms with E-state index in [2.05, 4.69) is 5.32 Å². The normalized spacial score (nSPS) is 12.1. The molecule has 8 heteroatoms. The molecular weight excluding hydrogens is 451 g/mol. The highest BCUT2D eigenvalue weighted by molar-refractivity contribution is 6.42. The Morgan fingerprint density at radius 1 is 1.06 bits per heavy atom. The van der Waals surface area contributed by atoms with E-state index in [1.807, 2.05) is 33.8 Å². The molecule has 0 heterocycles. The number of methoxy groups -OCH3 is 1. The first-order valence-corrected chi connectivity index (χ1v) is 11.1. The van der Waals surface area contributed by atoms with Gasteiger partial charge in [-0.05, 0) is 57.0 Å². The van der Waals surface area contributed by atoms with Crippen molar-refractivity contribution in [2.24, 2.45) is 0 Å². The van der Waals surface area contributed by atoms with E-state index in [4.69, 9.17) is 32.7 Å². The quantitative estimate of drug-likeness (QED) is 0.541. The summed E-state index contributed by atoms with van der Waals surface area (Å²) in [6.07, 6.45) is 0.434. The maximum absolute atomic E-state index is 13.3. The molecule has 0 bridgehead atoms. The molecular formula is C24H30Cl2N2O4. The van der Waals surface area contributed by atoms with Gasteiger partial charge in [0.05, 0.1) is 17.2 Å². The Kier molecular flexibility index (Phi) is 9.22. The Balaban J connectivity index is 2.29. The van der Waals surface area contributed by atoms with Gasteiger partial charge in [-0.1, -0.05) is 48.3 Å². The van der Waals surface area contributed by atoms with Crippen LogP contribution >= 0.6 is 23.2 Å². The van der Waals surface area contributed by atoms with Gasteiger partial charge >= 0.3 is 0 Å². The first-order valence-electron chi connectivity index (χ1n) is 10.4. The smallest absolute Gasteiger partial charge is 0.261 e. The van der Waals surface area contributed by atoms with Gasteiger partial charge in [-0.25, -0.2) is 0 Å². The number of nitrogens with one attached hydrogen (secondary N) is 1. The maximum Gasteiger partial charge on any atom is 0.261 e. The molecule has 1 N–H and O–H groups in total. The highest BCUT2D eigenvalue weighted by Gasteiger charge is 2.31. The Morgan fingerprint density at radius 2 is 1.72 bits per heavy atom. The first kappa shape index (κ1) is 25.8. The zero-order valence-electron chi connectivity index (χ0n) is 19.1. The number of rotatable bonds is 9. The molecule has 2 amide bonds. The number of carbonyl (C=O) groups excluding carboxylic acids is 2. The zero-order valence-corrected chi connectivity index (χ0v) is 20.6. The Bertz CT molecular complexity index is 944. The van der Waals surface area contributed by atoms with Crippen molar-refractivity contribution >= 4 is 35.0 Å². The molecule has 2 aromatic rings. The largest absolute Gasteiger partial charge is 0.493 e. The van der Waals surface area contributed by atoms with Crippen LogP contribution in [0.5, 0.6) is 11.5 Å². The van der Waals surface area contributed by atoms with E-state index < -0.39 is 11.6 Å². The van der Waals surface area contributed by atoms with Crippen LogP contribution in [0.2, 0.25) is 10.0 Å². The molecule has 174 valence electrons. The van der Waals surface area contributed by atoms with Crippen LogP contribution in [0, 0.1) is 0 Å². The van der Waals surface area contributed by atoms with Crippen LogP contribution in [-0.2, 0) is 16.1 Å². The third kappa shape index (κ3) is 7.31. The number of carbonyl (C=O) groups is 2. The highest BCUT2D eigenvalue weighted by atomic mass is 35.5. The average Bonchev–Trinajstić information content (AvgIpc) is 2.73. The van der Waals surface area contributed by atoms with Crippen LogP contribution in [0.25, 0.3) is 0 Å². The SMILES string of the molecule is CC[C@H](C(=O)NC(C)(C)C)N(Cc1ccc(Cl)c(Cl)c1)C(=O)COc1ccccc1OC. The van der Waals surface area contributed by atoms with Gasteiger partial charge in [0.15, 0.2) is 18.1 Å². The molecule has 0 aliphatic carbocycles. The van der Waals surface area contributed by atoms with E-state index in [1.165, 1.54) is 12.0 Å². The van der Waals surface area contributed by atoms with E-state index in [-0.39, 0.29) is 25.0 Å². The number of amides is 2. The van der Waals surface area contributed by atoms with Crippen molar-refractivity contribution in [3.8, 4) is 11.5 Å². The Labute approximate surface area is 199 Å². The molecule has 0 aromatic heterocycles. The third-order valence-corrected chi connectivity index (χ3v) is 5.38. The minimum absolute atomic E-state index is 0.182. The standard InChI is InChI=1S/C24H30Cl2N2O4/c1-6-19(23(30)27-24(2,3)4)28(14-16-11-12-17(25)18(26)13-16)22(29)15-32-21-10-8-7-9-20(21)31-5/h7-13,19H,6,14-15H2,1-5H3,(H,27,30)/t19-/m1/s1. The van der Waals surface area contributed by atoms with Crippen LogP contribution < -0.4 is 14.8 Å². The summed E-state index contributed by atoms with van der Waals surface area (Å²) in [5, 5.41) is 3.77. The van der Waals surface area contributed by atoms with Gasteiger partial charge in [-0.3, -0.25) is 9.59 Å². The first-order chi connectivity index (χ1) is 15.1. The molecule has 0 radical (unpaired) electrons. The molecule has 2 rings (SSSR count). The summed E-state index contributed by atoms with van der Waals surface area (Å²) in [4.78, 5) is 27.8. The Hall–Kier alpha value is -2.44. The van der Waals surface area contributed by atoms with Gasteiger partial charge in [0, 0.05) is 12.1 Å². The minimum atomic E-state index is -0.683. The fourth-order valence-electron chi connectivity index (χ4n) is 3.17. The van der Waals surface area contributed by atoms with E-state index in [0.29, 0.717) is 28.0 Å². The van der Waals surface area contributed by atoms with Crippen LogP contribution in [0.3, 0.4) is 0 Å². The molecule has 0 spiro atoms. The summed E-state index contributed by atoms with van der Waals surface area (Å²) in [6.45, 7) is 7.49. The molecule has 6 nitrogen and oxygen atoms in total. The van der Waals surface area contributed by atoms with E-state index in [0.717, 1.165) is 5.56 Å². The predicted molar refractivity (Wildman–Crippen MR) is 127 cm³/mol. The second-order valence-corrected chi connectivity index (χ2v) is 9.19. The maximum atomic E-state index is 13.3. The van der Waals surface area contributed by atoms with Crippen LogP contribution in [0.1, 0.15) is 39.7 Å². The summed E-state index contributed by atoms with van der Waals surface area (Å²) in [5.41, 5.74) is 0.323. The van der Waals surface area contributed by atoms with Crippen LogP contribution in [0.15, 0.2) is 42.5 Å². The van der Waals surface area contributed by atoms with E-state index >= 15 is 0 Å². The molecule has 32 heavy (non-hydrogen) atoms. The summed E-state index contributed by atoms with van der Waals surface area (Å²) >= 11 is 12.2. The molecule has 1 atom stereocenters. The summed E-state index contributed by atoms with van der Waals surface area (Å²) in [6, 6.07) is 11.5. The molecule has 0 unspecified atom stereocenters. The number of hydrogen-bond donors (Lipinski definition) is 1. The van der Waals surface area contributed by atoms with Crippen molar-refractivity contribution in [1.82, 2.24) is 10.2 Å². The third-order valence-electron chi connectivity index (χ3n) is 4.64. The summed E-state index contributed by atoms with van der Waals surface area (Å²) in [7, 11) is 1.53. The van der Waals surface area contributed by atoms with Gasteiger partial charge in [0.1, 0.15) is 6.04 Å². The number of benzene rings is 2. The molecule has 0 saturated carbocycles. The van der Waals surface area contributed by atoms with Crippen LogP contribution in [-0.4, -0.2) is 42.0 Å². The topological polar surface area (TPSA) is 67.9 Å². The number of halogens is 2. The molecule has 0 aliphatic heterocycles. The fraction of sp³-hybridized carbons (Fsp3) is 0.417. The van der Waals surface area contributed by atoms with Crippen molar-refractivity contribution in [2.75, 3.05) is 13.7 Å². The van der Waals surface area contributed by atoms with E-state index in [9.17, 15) is 9.59 Å². The predicted octanol–water partition coefficient (Wildman–Crippen LogP) is 5.10. The lowest BCUT2D eigenvalue weighted by Gasteiger charge is -2.33. The number of ether oxygens (including phenoxy) is 2. The second-order valence-electron chi connectivity index (χ2n) is 8.37. The summed E-state index contributed by atoms with van der Waals surface area (Å²) < 4.78 is 11.0. The van der Waals surface area contributed by atoms with E-state index in [1.54, 1.807) is 36.4 Å². The van der Waals surface area contributed by atoms with Gasteiger partial charge in [0.2, 0.25) is 5.91 Å². The number of para-hydroxylation sites is 2. The van der Waals surface area contributed by atoms with Crippen molar-refractivity contribution < 1.29 is 19.1 Å². The van der Waals surface area contributed by atoms with Crippen molar-refractivity contribution in [3.63, 3.8) is 0 Å². The zero-order chi connectivity index (χ0) is 23.9. The minimum Gasteiger partial charge on any atom is -0.493 e. The second kappa shape index (κ2) is 11.4. The van der Waals surface area contributed by atoms with Gasteiger partial charge in [0.25, 0.3) is 5.91 Å². The fourth-order valence-corrected chi connectivity index (χ4v) is 3.49. The highest BCUT2D eigenvalue weighted by Crippen LogP contribution is 2.27. The van der Waals surface area contributed by atoms with Crippen molar-refractivity contribution in [3.05, 3.63) is 58.1 Å². The van der Waals surface area contributed by atoms with Crippen molar-refractivity contribution in [1.29, 1.82) is 0 Å². The summed E-state index contributed by atoms with van der Waals surface area (Å²) in [5.74, 6) is 0.405. The molecule has 0 aliphatic rings.